The van der Waals surface area contributed by atoms with E-state index in [1.807, 2.05) is 0 Å². The highest BCUT2D eigenvalue weighted by Gasteiger charge is 2.17. The first-order valence-corrected chi connectivity index (χ1v) is 4.98. The van der Waals surface area contributed by atoms with Gasteiger partial charge in [0.05, 0.1) is 4.92 Å². The van der Waals surface area contributed by atoms with Crippen LogP contribution in [0.4, 0.5) is 10.1 Å². The molecule has 1 rings (SSSR count). The largest absolute Gasteiger partial charge is 0.377 e. The van der Waals surface area contributed by atoms with E-state index in [2.05, 4.69) is 4.74 Å². The summed E-state index contributed by atoms with van der Waals surface area (Å²) >= 11 is 0. The molecular weight excluding hydrogens is 229 g/mol. The smallest absolute Gasteiger partial charge is 0.305 e. The van der Waals surface area contributed by atoms with Crippen molar-refractivity contribution in [2.75, 3.05) is 13.7 Å². The summed E-state index contributed by atoms with van der Waals surface area (Å²) in [6.45, 7) is -0.0312. The summed E-state index contributed by atoms with van der Waals surface area (Å²) in [7, 11) is 1.39. The van der Waals surface area contributed by atoms with E-state index in [0.29, 0.717) is 0 Å². The number of rotatable bonds is 6. The number of hydrogen-bond acceptors (Lipinski definition) is 4. The van der Waals surface area contributed by atoms with E-state index in [-0.39, 0.29) is 30.8 Å². The molecule has 92 valence electrons. The van der Waals surface area contributed by atoms with E-state index in [9.17, 15) is 19.3 Å². The van der Waals surface area contributed by atoms with Gasteiger partial charge in [0.25, 0.3) is 0 Å². The molecule has 6 heteroatoms. The maximum atomic E-state index is 13.6. The van der Waals surface area contributed by atoms with Gasteiger partial charge in [-0.3, -0.25) is 14.9 Å². The van der Waals surface area contributed by atoms with Crippen molar-refractivity contribution in [3.8, 4) is 0 Å². The second kappa shape index (κ2) is 6.05. The third kappa shape index (κ3) is 3.60. The van der Waals surface area contributed by atoms with Crippen LogP contribution in [0.3, 0.4) is 0 Å². The summed E-state index contributed by atoms with van der Waals surface area (Å²) in [4.78, 5) is 20.9. The predicted octanol–water partition coefficient (Wildman–Crippen LogP) is 1.88. The van der Waals surface area contributed by atoms with Crippen LogP contribution in [0.1, 0.15) is 12.0 Å². The molecule has 0 unspecified atom stereocenters. The second-order valence-corrected chi connectivity index (χ2v) is 3.48. The second-order valence-electron chi connectivity index (χ2n) is 3.48. The van der Waals surface area contributed by atoms with Gasteiger partial charge >= 0.3 is 5.69 Å². The van der Waals surface area contributed by atoms with E-state index < -0.39 is 16.4 Å². The molecule has 0 saturated heterocycles. The fourth-order valence-corrected chi connectivity index (χ4v) is 1.41. The maximum Gasteiger partial charge on any atom is 0.305 e. The van der Waals surface area contributed by atoms with Gasteiger partial charge < -0.3 is 4.74 Å². The number of aryl methyl sites for hydroxylation is 1. The van der Waals surface area contributed by atoms with Gasteiger partial charge in [-0.15, -0.1) is 0 Å². The third-order valence-corrected chi connectivity index (χ3v) is 2.23. The van der Waals surface area contributed by atoms with Gasteiger partial charge in [-0.2, -0.15) is 4.39 Å². The number of halogens is 1. The van der Waals surface area contributed by atoms with Crippen LogP contribution in [0, 0.1) is 15.9 Å². The Labute approximate surface area is 97.3 Å². The number of nitro benzene ring substituents is 1. The van der Waals surface area contributed by atoms with Gasteiger partial charge in [-0.25, -0.2) is 0 Å². The standard InChI is InChI=1S/C11H12FNO4/c1-17-7-9(14)6-5-8-3-2-4-10(11(8)12)13(15)16/h2-4H,5-7H2,1H3. The Morgan fingerprint density at radius 3 is 2.82 bits per heavy atom. The maximum absolute atomic E-state index is 13.6. The van der Waals surface area contributed by atoms with E-state index >= 15 is 0 Å². The zero-order valence-corrected chi connectivity index (χ0v) is 9.31. The molecule has 0 heterocycles. The summed E-state index contributed by atoms with van der Waals surface area (Å²) in [5.74, 6) is -1.04. The fraction of sp³-hybridized carbons (Fsp3) is 0.364. The number of ketones is 1. The molecule has 0 bridgehead atoms. The fourth-order valence-electron chi connectivity index (χ4n) is 1.41. The van der Waals surface area contributed by atoms with Crippen molar-refractivity contribution < 1.29 is 18.8 Å². The van der Waals surface area contributed by atoms with E-state index in [0.717, 1.165) is 6.07 Å². The first-order valence-electron chi connectivity index (χ1n) is 4.98. The van der Waals surface area contributed by atoms with Crippen molar-refractivity contribution in [2.24, 2.45) is 0 Å². The van der Waals surface area contributed by atoms with Crippen LogP contribution in [0.25, 0.3) is 0 Å². The minimum atomic E-state index is -0.872. The Morgan fingerprint density at radius 1 is 1.53 bits per heavy atom. The molecule has 0 aromatic heterocycles. The Bertz CT molecular complexity index is 433. The Balaban J connectivity index is 2.75. The van der Waals surface area contributed by atoms with Gasteiger partial charge in [-0.05, 0) is 12.0 Å². The van der Waals surface area contributed by atoms with Crippen LogP contribution in [-0.4, -0.2) is 24.4 Å². The SMILES string of the molecule is COCC(=O)CCc1cccc([N+](=O)[O-])c1F. The minimum Gasteiger partial charge on any atom is -0.377 e. The van der Waals surface area contributed by atoms with Crippen molar-refractivity contribution in [2.45, 2.75) is 12.8 Å². The first-order chi connectivity index (χ1) is 8.06. The number of methoxy groups -OCH3 is 1. The average molecular weight is 241 g/mol. The molecule has 0 N–H and O–H groups in total. The summed E-state index contributed by atoms with van der Waals surface area (Å²) in [6, 6.07) is 3.93. The van der Waals surface area contributed by atoms with Crippen molar-refractivity contribution >= 4 is 11.5 Å². The van der Waals surface area contributed by atoms with Crippen molar-refractivity contribution in [3.05, 3.63) is 39.7 Å². The molecule has 5 nitrogen and oxygen atoms in total. The third-order valence-electron chi connectivity index (χ3n) is 2.23. The lowest BCUT2D eigenvalue weighted by Crippen LogP contribution is -2.08. The highest BCUT2D eigenvalue weighted by atomic mass is 19.1. The van der Waals surface area contributed by atoms with Crippen LogP contribution >= 0.6 is 0 Å². The van der Waals surface area contributed by atoms with Crippen LogP contribution in [0.5, 0.6) is 0 Å². The van der Waals surface area contributed by atoms with Gasteiger partial charge in [0.1, 0.15) is 6.61 Å². The molecule has 0 aliphatic heterocycles. The number of ether oxygens (including phenoxy) is 1. The molecule has 0 atom stereocenters. The Kier molecular flexibility index (Phi) is 4.71. The minimum absolute atomic E-state index is 0.0312. The van der Waals surface area contributed by atoms with E-state index in [4.69, 9.17) is 0 Å². The van der Waals surface area contributed by atoms with E-state index in [1.54, 1.807) is 0 Å². The zero-order valence-electron chi connectivity index (χ0n) is 9.31. The summed E-state index contributed by atoms with van der Waals surface area (Å²) in [5, 5.41) is 10.5. The highest BCUT2D eigenvalue weighted by Crippen LogP contribution is 2.21. The monoisotopic (exact) mass is 241 g/mol. The predicted molar refractivity (Wildman–Crippen MR) is 58.3 cm³/mol. The topological polar surface area (TPSA) is 69.4 Å². The molecule has 0 radical (unpaired) electrons. The van der Waals surface area contributed by atoms with Crippen LogP contribution in [0.2, 0.25) is 0 Å². The lowest BCUT2D eigenvalue weighted by molar-refractivity contribution is -0.387. The van der Waals surface area contributed by atoms with Crippen molar-refractivity contribution in [3.63, 3.8) is 0 Å². The molecular formula is C11H12FNO4. The van der Waals surface area contributed by atoms with Crippen molar-refractivity contribution in [1.82, 2.24) is 0 Å². The number of nitro groups is 1. The number of hydrogen-bond donors (Lipinski definition) is 0. The van der Waals surface area contributed by atoms with Gasteiger partial charge in [0.15, 0.2) is 5.78 Å². The van der Waals surface area contributed by atoms with Gasteiger partial charge in [0.2, 0.25) is 5.82 Å². The normalized spacial score (nSPS) is 10.2. The number of Topliss-reactive ketones (excluding diaryl/α,β-unsaturated/α-hetero) is 1. The lowest BCUT2D eigenvalue weighted by Gasteiger charge is -2.03. The van der Waals surface area contributed by atoms with Crippen LogP contribution < -0.4 is 0 Å². The quantitative estimate of drug-likeness (QED) is 0.563. The van der Waals surface area contributed by atoms with Crippen LogP contribution in [0.15, 0.2) is 18.2 Å². The average Bonchev–Trinajstić information content (AvgIpc) is 2.27. The van der Waals surface area contributed by atoms with Crippen LogP contribution in [-0.2, 0) is 16.0 Å². The summed E-state index contributed by atoms with van der Waals surface area (Å²) in [5.41, 5.74) is -0.398. The number of nitrogens with zero attached hydrogens (tertiary/aromatic N) is 1. The van der Waals surface area contributed by atoms with Gasteiger partial charge in [-0.1, -0.05) is 12.1 Å². The first kappa shape index (κ1) is 13.2. The lowest BCUT2D eigenvalue weighted by atomic mass is 10.1. The summed E-state index contributed by atoms with van der Waals surface area (Å²) < 4.78 is 18.2. The molecule has 0 saturated carbocycles. The number of benzene rings is 1. The molecule has 0 aliphatic rings. The number of carbonyl (C=O) groups is 1. The van der Waals surface area contributed by atoms with E-state index in [1.165, 1.54) is 19.2 Å². The molecule has 0 aliphatic carbocycles. The molecule has 0 fully saturated rings. The highest BCUT2D eigenvalue weighted by molar-refractivity contribution is 5.79. The molecule has 1 aromatic carbocycles. The Morgan fingerprint density at radius 2 is 2.24 bits per heavy atom. The molecule has 0 spiro atoms. The Hall–Kier alpha value is -1.82. The number of carbonyl (C=O) groups excluding carboxylic acids is 1. The van der Waals surface area contributed by atoms with Gasteiger partial charge in [0, 0.05) is 19.6 Å². The molecule has 0 amide bonds. The molecule has 17 heavy (non-hydrogen) atoms. The van der Waals surface area contributed by atoms with Crippen molar-refractivity contribution in [1.29, 1.82) is 0 Å². The molecule has 1 aromatic rings. The zero-order chi connectivity index (χ0) is 12.8. The summed E-state index contributed by atoms with van der Waals surface area (Å²) in [6.07, 6.45) is 0.238.